The molecule has 5 nitrogen and oxygen atoms in total. The molecular formula is C22H22N4OS. The monoisotopic (exact) mass is 390 g/mol. The predicted molar refractivity (Wildman–Crippen MR) is 116 cm³/mol. The van der Waals surface area contributed by atoms with Crippen LogP contribution in [0, 0.1) is 12.3 Å². The Bertz CT molecular complexity index is 1010. The van der Waals surface area contributed by atoms with Crippen molar-refractivity contribution in [2.45, 2.75) is 18.9 Å². The van der Waals surface area contributed by atoms with E-state index in [9.17, 15) is 0 Å². The maximum atomic E-state index is 6.25. The summed E-state index contributed by atoms with van der Waals surface area (Å²) < 4.78 is 8.63. The van der Waals surface area contributed by atoms with Gasteiger partial charge in [0.25, 0.3) is 0 Å². The molecular weight excluding hydrogens is 368 g/mol. The molecule has 1 aliphatic rings. The standard InChI is InChI=1S/C22H22N4OS/c1-3-16-5-4-6-17(13-16)25-22-20-14-19(7-8-21(20)23-15-24-22)27-18-9-11-26(28-2)12-10-18/h1,4-8,13-15,18H,9-12H2,2H3,(H,23,24,25). The summed E-state index contributed by atoms with van der Waals surface area (Å²) >= 11 is 1.80. The van der Waals surface area contributed by atoms with Crippen LogP contribution in [0.15, 0.2) is 48.8 Å². The molecule has 28 heavy (non-hydrogen) atoms. The number of rotatable bonds is 5. The third kappa shape index (κ3) is 4.22. The molecule has 0 amide bonds. The zero-order valence-corrected chi connectivity index (χ0v) is 16.6. The molecule has 2 aromatic carbocycles. The van der Waals surface area contributed by atoms with Crippen molar-refractivity contribution in [3.63, 3.8) is 0 Å². The van der Waals surface area contributed by atoms with Gasteiger partial charge in [0.1, 0.15) is 24.0 Å². The quantitative estimate of drug-likeness (QED) is 0.512. The van der Waals surface area contributed by atoms with Gasteiger partial charge in [-0.05, 0) is 55.5 Å². The fraction of sp³-hybridized carbons (Fsp3) is 0.273. The minimum Gasteiger partial charge on any atom is -0.490 e. The van der Waals surface area contributed by atoms with E-state index in [1.54, 1.807) is 18.3 Å². The van der Waals surface area contributed by atoms with Crippen LogP contribution in [0.25, 0.3) is 10.9 Å². The van der Waals surface area contributed by atoms with Crippen LogP contribution < -0.4 is 10.1 Å². The second kappa shape index (κ2) is 8.51. The number of piperidine rings is 1. The number of nitrogens with one attached hydrogen (secondary N) is 1. The average Bonchev–Trinajstić information content (AvgIpc) is 2.75. The summed E-state index contributed by atoms with van der Waals surface area (Å²) in [6.07, 6.45) is 11.5. The van der Waals surface area contributed by atoms with Gasteiger partial charge in [0, 0.05) is 29.7 Å². The molecule has 1 saturated heterocycles. The Morgan fingerprint density at radius 3 is 2.82 bits per heavy atom. The Morgan fingerprint density at radius 2 is 2.04 bits per heavy atom. The fourth-order valence-electron chi connectivity index (χ4n) is 3.36. The van der Waals surface area contributed by atoms with E-state index in [1.165, 1.54) is 0 Å². The SMILES string of the molecule is C#Cc1cccc(Nc2ncnc3ccc(OC4CCN(SC)CC4)cc23)c1. The number of fused-ring (bicyclic) bond motifs is 1. The number of hydrogen-bond donors (Lipinski definition) is 1. The van der Waals surface area contributed by atoms with Gasteiger partial charge in [-0.1, -0.05) is 23.9 Å². The zero-order valence-electron chi connectivity index (χ0n) is 15.8. The highest BCUT2D eigenvalue weighted by Gasteiger charge is 2.20. The third-order valence-electron chi connectivity index (χ3n) is 4.86. The molecule has 0 unspecified atom stereocenters. The molecule has 0 aliphatic carbocycles. The number of benzene rings is 2. The smallest absolute Gasteiger partial charge is 0.141 e. The lowest BCUT2D eigenvalue weighted by Crippen LogP contribution is -2.34. The van der Waals surface area contributed by atoms with Gasteiger partial charge < -0.3 is 10.1 Å². The van der Waals surface area contributed by atoms with Gasteiger partial charge in [-0.25, -0.2) is 9.97 Å². The Morgan fingerprint density at radius 1 is 1.18 bits per heavy atom. The van der Waals surface area contributed by atoms with Gasteiger partial charge in [0.05, 0.1) is 5.52 Å². The molecule has 1 aliphatic heterocycles. The molecule has 2 heterocycles. The average molecular weight is 391 g/mol. The van der Waals surface area contributed by atoms with Gasteiger partial charge in [-0.15, -0.1) is 6.42 Å². The second-order valence-electron chi connectivity index (χ2n) is 6.68. The highest BCUT2D eigenvalue weighted by Crippen LogP contribution is 2.29. The molecule has 1 aromatic heterocycles. The predicted octanol–water partition coefficient (Wildman–Crippen LogP) is 4.48. The molecule has 1 fully saturated rings. The van der Waals surface area contributed by atoms with Crippen LogP contribution in [0.2, 0.25) is 0 Å². The Kier molecular flexibility index (Phi) is 5.65. The molecule has 3 aromatic rings. The number of anilines is 2. The summed E-state index contributed by atoms with van der Waals surface area (Å²) in [7, 11) is 0. The van der Waals surface area contributed by atoms with E-state index in [4.69, 9.17) is 11.2 Å². The van der Waals surface area contributed by atoms with Crippen molar-refractivity contribution in [3.05, 3.63) is 54.4 Å². The number of nitrogens with zero attached hydrogens (tertiary/aromatic N) is 3. The second-order valence-corrected chi connectivity index (χ2v) is 7.56. The van der Waals surface area contributed by atoms with Crippen molar-refractivity contribution in [2.75, 3.05) is 24.7 Å². The van der Waals surface area contributed by atoms with Crippen LogP contribution in [0.1, 0.15) is 18.4 Å². The van der Waals surface area contributed by atoms with Crippen LogP contribution >= 0.6 is 11.9 Å². The molecule has 142 valence electrons. The molecule has 0 saturated carbocycles. The summed E-state index contributed by atoms with van der Waals surface area (Å²) in [4.78, 5) is 8.81. The van der Waals surface area contributed by atoms with Gasteiger partial charge >= 0.3 is 0 Å². The van der Waals surface area contributed by atoms with Crippen LogP contribution in [-0.4, -0.2) is 39.7 Å². The summed E-state index contributed by atoms with van der Waals surface area (Å²) in [5, 5.41) is 4.28. The number of terminal acetylenes is 1. The van der Waals surface area contributed by atoms with Crippen LogP contribution in [-0.2, 0) is 0 Å². The lowest BCUT2D eigenvalue weighted by Gasteiger charge is -2.30. The number of hydrogen-bond acceptors (Lipinski definition) is 6. The first-order chi connectivity index (χ1) is 13.7. The van der Waals surface area contributed by atoms with Gasteiger partial charge in [0.15, 0.2) is 0 Å². The first kappa shape index (κ1) is 18.6. The van der Waals surface area contributed by atoms with Gasteiger partial charge in [0.2, 0.25) is 0 Å². The van der Waals surface area contributed by atoms with Crippen LogP contribution in [0.4, 0.5) is 11.5 Å². The van der Waals surface area contributed by atoms with Crippen molar-refractivity contribution in [2.24, 2.45) is 0 Å². The molecule has 0 atom stereocenters. The first-order valence-corrected chi connectivity index (χ1v) is 10.5. The van der Waals surface area contributed by atoms with Crippen molar-refractivity contribution in [1.29, 1.82) is 0 Å². The molecule has 0 bridgehead atoms. The van der Waals surface area contributed by atoms with Crippen molar-refractivity contribution >= 4 is 34.4 Å². The Labute approximate surface area is 169 Å². The molecule has 4 rings (SSSR count). The van der Waals surface area contributed by atoms with Crippen molar-refractivity contribution in [3.8, 4) is 18.1 Å². The normalized spacial score (nSPS) is 15.3. The fourth-order valence-corrected chi connectivity index (χ4v) is 3.93. The van der Waals surface area contributed by atoms with E-state index in [-0.39, 0.29) is 6.10 Å². The summed E-state index contributed by atoms with van der Waals surface area (Å²) in [5.74, 6) is 4.24. The van der Waals surface area contributed by atoms with Crippen LogP contribution in [0.3, 0.4) is 0 Å². The number of aromatic nitrogens is 2. The summed E-state index contributed by atoms with van der Waals surface area (Å²) in [6.45, 7) is 2.11. The highest BCUT2D eigenvalue weighted by molar-refractivity contribution is 7.96. The summed E-state index contributed by atoms with van der Waals surface area (Å²) in [6, 6.07) is 13.7. The Balaban J connectivity index is 1.56. The zero-order chi connectivity index (χ0) is 19.3. The van der Waals surface area contributed by atoms with E-state index in [1.807, 2.05) is 42.5 Å². The lowest BCUT2D eigenvalue weighted by atomic mass is 10.1. The maximum Gasteiger partial charge on any atom is 0.141 e. The van der Waals surface area contributed by atoms with E-state index in [0.29, 0.717) is 0 Å². The molecule has 1 N–H and O–H groups in total. The van der Waals surface area contributed by atoms with Crippen molar-refractivity contribution < 1.29 is 4.74 Å². The molecule has 0 radical (unpaired) electrons. The third-order valence-corrected chi connectivity index (χ3v) is 5.74. The Hall–Kier alpha value is -2.75. The molecule has 6 heteroatoms. The van der Waals surface area contributed by atoms with Crippen LogP contribution in [0.5, 0.6) is 5.75 Å². The topological polar surface area (TPSA) is 50.3 Å². The van der Waals surface area contributed by atoms with Gasteiger partial charge in [-0.2, -0.15) is 0 Å². The first-order valence-electron chi connectivity index (χ1n) is 9.29. The molecule has 0 spiro atoms. The van der Waals surface area contributed by atoms with E-state index >= 15 is 0 Å². The van der Waals surface area contributed by atoms with E-state index in [0.717, 1.165) is 59.7 Å². The van der Waals surface area contributed by atoms with E-state index in [2.05, 4.69) is 31.8 Å². The lowest BCUT2D eigenvalue weighted by molar-refractivity contribution is 0.139. The van der Waals surface area contributed by atoms with E-state index < -0.39 is 0 Å². The summed E-state index contributed by atoms with van der Waals surface area (Å²) in [5.41, 5.74) is 2.59. The number of ether oxygens (including phenoxy) is 1. The van der Waals surface area contributed by atoms with Crippen molar-refractivity contribution in [1.82, 2.24) is 14.3 Å². The van der Waals surface area contributed by atoms with Gasteiger partial charge in [-0.3, -0.25) is 4.31 Å². The highest BCUT2D eigenvalue weighted by atomic mass is 32.2. The minimum absolute atomic E-state index is 0.245. The minimum atomic E-state index is 0.245. The largest absolute Gasteiger partial charge is 0.490 e. The maximum absolute atomic E-state index is 6.25.